The van der Waals surface area contributed by atoms with Crippen LogP contribution in [0.1, 0.15) is 24.2 Å². The number of fused-ring (bicyclic) bond motifs is 1. The first-order chi connectivity index (χ1) is 13.7. The van der Waals surface area contributed by atoms with Crippen LogP contribution in [0, 0.1) is 6.92 Å². The van der Waals surface area contributed by atoms with Crippen molar-refractivity contribution in [3.05, 3.63) is 59.9 Å². The Morgan fingerprint density at radius 3 is 3.00 bits per heavy atom. The number of carbonyl (C=O) groups is 1. The molecule has 0 spiro atoms. The number of hydrogen-bond donors (Lipinski definition) is 1. The quantitative estimate of drug-likeness (QED) is 0.685. The minimum Gasteiger partial charge on any atom is -0.486 e. The van der Waals surface area contributed by atoms with Gasteiger partial charge in [-0.3, -0.25) is 4.79 Å². The second-order valence-corrected chi connectivity index (χ2v) is 7.15. The largest absolute Gasteiger partial charge is 0.486 e. The number of rotatable bonds is 7. The number of imidazole rings is 1. The standard InChI is InChI=1S/C22H25N3O3/c1-16-6-4-7-17(12-16)28-15-21-24-19-9-2-3-10-20(19)25(21)14-22(26)23-13-18-8-5-11-27-18/h2-4,6-7,9-10,12,18H,5,8,11,13-15H2,1H3,(H,23,26). The first kappa shape index (κ1) is 18.5. The summed E-state index contributed by atoms with van der Waals surface area (Å²) in [6.07, 6.45) is 2.20. The molecule has 1 N–H and O–H groups in total. The average Bonchev–Trinajstić information content (AvgIpc) is 3.33. The highest BCUT2D eigenvalue weighted by Crippen LogP contribution is 2.19. The number of hydrogen-bond acceptors (Lipinski definition) is 4. The third-order valence-electron chi connectivity index (χ3n) is 4.94. The summed E-state index contributed by atoms with van der Waals surface area (Å²) in [5, 5.41) is 2.98. The molecule has 1 aliphatic rings. The minimum atomic E-state index is -0.0459. The highest BCUT2D eigenvalue weighted by atomic mass is 16.5. The van der Waals surface area contributed by atoms with E-state index in [-0.39, 0.29) is 18.6 Å². The first-order valence-electron chi connectivity index (χ1n) is 9.71. The highest BCUT2D eigenvalue weighted by Gasteiger charge is 2.18. The Bertz CT molecular complexity index is 961. The van der Waals surface area contributed by atoms with Crippen LogP contribution in [-0.4, -0.2) is 34.7 Å². The van der Waals surface area contributed by atoms with Crippen molar-refractivity contribution in [1.82, 2.24) is 14.9 Å². The van der Waals surface area contributed by atoms with Gasteiger partial charge in [0.05, 0.1) is 17.1 Å². The van der Waals surface area contributed by atoms with Crippen molar-refractivity contribution in [2.24, 2.45) is 0 Å². The van der Waals surface area contributed by atoms with Crippen LogP contribution < -0.4 is 10.1 Å². The number of amides is 1. The molecule has 1 aliphatic heterocycles. The molecule has 1 aromatic heterocycles. The third-order valence-corrected chi connectivity index (χ3v) is 4.94. The van der Waals surface area contributed by atoms with Crippen molar-refractivity contribution >= 4 is 16.9 Å². The molecule has 1 fully saturated rings. The van der Waals surface area contributed by atoms with Crippen LogP contribution in [0.5, 0.6) is 5.75 Å². The summed E-state index contributed by atoms with van der Waals surface area (Å²) in [6, 6.07) is 15.7. The number of aromatic nitrogens is 2. The van der Waals surface area contributed by atoms with Crippen LogP contribution in [0.2, 0.25) is 0 Å². The van der Waals surface area contributed by atoms with Crippen molar-refractivity contribution in [3.8, 4) is 5.75 Å². The second kappa shape index (κ2) is 8.44. The zero-order valence-corrected chi connectivity index (χ0v) is 16.1. The van der Waals surface area contributed by atoms with E-state index in [2.05, 4.69) is 10.3 Å². The van der Waals surface area contributed by atoms with Gasteiger partial charge in [0, 0.05) is 13.2 Å². The van der Waals surface area contributed by atoms with Crippen molar-refractivity contribution in [2.45, 2.75) is 39.0 Å². The second-order valence-electron chi connectivity index (χ2n) is 7.15. The molecule has 0 bridgehead atoms. The molecule has 4 rings (SSSR count). The van der Waals surface area contributed by atoms with Gasteiger partial charge in [0.15, 0.2) is 0 Å². The van der Waals surface area contributed by atoms with Gasteiger partial charge in [-0.1, -0.05) is 24.3 Å². The van der Waals surface area contributed by atoms with E-state index < -0.39 is 0 Å². The van der Waals surface area contributed by atoms with E-state index in [1.54, 1.807) is 0 Å². The maximum atomic E-state index is 12.5. The number of carbonyl (C=O) groups excluding carboxylic acids is 1. The summed E-state index contributed by atoms with van der Waals surface area (Å²) in [5.41, 5.74) is 2.93. The molecule has 2 heterocycles. The number of ether oxygens (including phenoxy) is 2. The van der Waals surface area contributed by atoms with E-state index >= 15 is 0 Å². The van der Waals surface area contributed by atoms with Crippen LogP contribution in [0.15, 0.2) is 48.5 Å². The predicted octanol–water partition coefficient (Wildman–Crippen LogP) is 3.22. The number of aryl methyl sites for hydroxylation is 1. The lowest BCUT2D eigenvalue weighted by atomic mass is 10.2. The van der Waals surface area contributed by atoms with Gasteiger partial charge in [-0.05, 0) is 49.6 Å². The molecule has 6 nitrogen and oxygen atoms in total. The highest BCUT2D eigenvalue weighted by molar-refractivity contribution is 5.81. The molecule has 1 atom stereocenters. The maximum Gasteiger partial charge on any atom is 0.240 e. The normalized spacial score (nSPS) is 16.4. The summed E-state index contributed by atoms with van der Waals surface area (Å²) in [7, 11) is 0. The molecular formula is C22H25N3O3. The molecule has 0 aliphatic carbocycles. The monoisotopic (exact) mass is 379 g/mol. The van der Waals surface area contributed by atoms with Gasteiger partial charge >= 0.3 is 0 Å². The molecule has 146 valence electrons. The van der Waals surface area contributed by atoms with Gasteiger partial charge in [0.1, 0.15) is 24.7 Å². The van der Waals surface area contributed by atoms with Crippen molar-refractivity contribution in [3.63, 3.8) is 0 Å². The first-order valence-corrected chi connectivity index (χ1v) is 9.71. The van der Waals surface area contributed by atoms with Gasteiger partial charge in [-0.2, -0.15) is 0 Å². The van der Waals surface area contributed by atoms with Crippen molar-refractivity contribution in [2.75, 3.05) is 13.2 Å². The Hall–Kier alpha value is -2.86. The molecule has 1 saturated heterocycles. The molecule has 0 radical (unpaired) electrons. The van der Waals surface area contributed by atoms with E-state index in [0.29, 0.717) is 13.2 Å². The molecular weight excluding hydrogens is 354 g/mol. The lowest BCUT2D eigenvalue weighted by Gasteiger charge is -2.13. The van der Waals surface area contributed by atoms with Crippen LogP contribution in [-0.2, 0) is 22.7 Å². The summed E-state index contributed by atoms with van der Waals surface area (Å²) >= 11 is 0. The summed E-state index contributed by atoms with van der Waals surface area (Å²) < 4.78 is 13.4. The lowest BCUT2D eigenvalue weighted by Crippen LogP contribution is -2.34. The maximum absolute atomic E-state index is 12.5. The fraction of sp³-hybridized carbons (Fsp3) is 0.364. The summed E-state index contributed by atoms with van der Waals surface area (Å²) in [4.78, 5) is 17.2. The topological polar surface area (TPSA) is 65.4 Å². The fourth-order valence-electron chi connectivity index (χ4n) is 3.50. The Morgan fingerprint density at radius 1 is 1.29 bits per heavy atom. The SMILES string of the molecule is Cc1cccc(OCc2nc3ccccc3n2CC(=O)NCC2CCCO2)c1. The van der Waals surface area contributed by atoms with E-state index in [0.717, 1.165) is 47.6 Å². The smallest absolute Gasteiger partial charge is 0.240 e. The molecule has 3 aromatic rings. The van der Waals surface area contributed by atoms with E-state index in [1.807, 2.05) is 60.0 Å². The summed E-state index contributed by atoms with van der Waals surface area (Å²) in [6.45, 7) is 3.88. The van der Waals surface area contributed by atoms with E-state index in [4.69, 9.17) is 9.47 Å². The Labute approximate surface area is 164 Å². The summed E-state index contributed by atoms with van der Waals surface area (Å²) in [5.74, 6) is 1.48. The van der Waals surface area contributed by atoms with E-state index in [9.17, 15) is 4.79 Å². The van der Waals surface area contributed by atoms with Crippen LogP contribution in [0.3, 0.4) is 0 Å². The Kier molecular flexibility index (Phi) is 5.58. The average molecular weight is 379 g/mol. The van der Waals surface area contributed by atoms with Crippen LogP contribution >= 0.6 is 0 Å². The minimum absolute atomic E-state index is 0.0459. The van der Waals surface area contributed by atoms with Gasteiger partial charge < -0.3 is 19.4 Å². The van der Waals surface area contributed by atoms with Gasteiger partial charge in [0.2, 0.25) is 5.91 Å². The lowest BCUT2D eigenvalue weighted by molar-refractivity contribution is -0.122. The number of benzene rings is 2. The molecule has 2 aromatic carbocycles. The number of nitrogens with one attached hydrogen (secondary N) is 1. The number of nitrogens with zero attached hydrogens (tertiary/aromatic N) is 2. The third kappa shape index (κ3) is 4.34. The molecule has 6 heteroatoms. The van der Waals surface area contributed by atoms with Crippen molar-refractivity contribution < 1.29 is 14.3 Å². The molecule has 0 saturated carbocycles. The molecule has 1 unspecified atom stereocenters. The molecule has 28 heavy (non-hydrogen) atoms. The zero-order valence-electron chi connectivity index (χ0n) is 16.1. The fourth-order valence-corrected chi connectivity index (χ4v) is 3.50. The Balaban J connectivity index is 1.48. The Morgan fingerprint density at radius 2 is 2.18 bits per heavy atom. The van der Waals surface area contributed by atoms with Crippen molar-refractivity contribution in [1.29, 1.82) is 0 Å². The van der Waals surface area contributed by atoms with Crippen LogP contribution in [0.4, 0.5) is 0 Å². The van der Waals surface area contributed by atoms with E-state index in [1.165, 1.54) is 0 Å². The van der Waals surface area contributed by atoms with Gasteiger partial charge in [-0.15, -0.1) is 0 Å². The predicted molar refractivity (Wildman–Crippen MR) is 107 cm³/mol. The van der Waals surface area contributed by atoms with Crippen LogP contribution in [0.25, 0.3) is 11.0 Å². The molecule has 1 amide bonds. The zero-order chi connectivity index (χ0) is 19.3. The van der Waals surface area contributed by atoms with Gasteiger partial charge in [-0.25, -0.2) is 4.98 Å². The number of para-hydroxylation sites is 2. The van der Waals surface area contributed by atoms with Gasteiger partial charge in [0.25, 0.3) is 0 Å².